The number of hydrogen-bond donors (Lipinski definition) is 3. The van der Waals surface area contributed by atoms with E-state index in [2.05, 4.69) is 10.2 Å². The number of hydrogen-bond acceptors (Lipinski definition) is 5. The van der Waals surface area contributed by atoms with Crippen LogP contribution >= 0.6 is 0 Å². The fraction of sp³-hybridized carbons (Fsp3) is 0.462. The smallest absolute Gasteiger partial charge is 0.251 e. The molecule has 6 heteroatoms. The summed E-state index contributed by atoms with van der Waals surface area (Å²) >= 11 is 0. The summed E-state index contributed by atoms with van der Waals surface area (Å²) in [5.74, 6) is -0.559. The maximum atomic E-state index is 11.8. The molecule has 1 amide bonds. The van der Waals surface area contributed by atoms with Crippen molar-refractivity contribution in [3.8, 4) is 11.5 Å². The molecule has 2 rings (SSSR count). The third-order valence-electron chi connectivity index (χ3n) is 2.98. The summed E-state index contributed by atoms with van der Waals surface area (Å²) in [5, 5.41) is 21.4. The molecule has 0 radical (unpaired) electrons. The zero-order chi connectivity index (χ0) is 13.7. The standard InChI is InChI=1S/C13H18N2O4/c16-11-7-10(8-12(17)9-11)13(18)14-1-2-15-3-5-19-6-4-15/h7-9,16-17H,1-6H2,(H,14,18). The van der Waals surface area contributed by atoms with Crippen LogP contribution in [0.15, 0.2) is 18.2 Å². The normalized spacial score (nSPS) is 16.2. The van der Waals surface area contributed by atoms with Gasteiger partial charge in [-0.25, -0.2) is 0 Å². The van der Waals surface area contributed by atoms with Gasteiger partial charge in [0.15, 0.2) is 0 Å². The summed E-state index contributed by atoms with van der Waals surface area (Å²) in [5.41, 5.74) is 0.250. The van der Waals surface area contributed by atoms with E-state index >= 15 is 0 Å². The van der Waals surface area contributed by atoms with Crippen molar-refractivity contribution >= 4 is 5.91 Å². The third kappa shape index (κ3) is 4.11. The Bertz CT molecular complexity index is 424. The number of phenolic OH excluding ortho intramolecular Hbond substituents is 2. The first-order valence-corrected chi connectivity index (χ1v) is 6.26. The van der Waals surface area contributed by atoms with E-state index in [4.69, 9.17) is 4.74 Å². The molecule has 1 fully saturated rings. The lowest BCUT2D eigenvalue weighted by Gasteiger charge is -2.26. The van der Waals surface area contributed by atoms with Gasteiger partial charge in [-0.05, 0) is 12.1 Å². The monoisotopic (exact) mass is 266 g/mol. The second-order valence-corrected chi connectivity index (χ2v) is 4.45. The molecule has 104 valence electrons. The van der Waals surface area contributed by atoms with Crippen LogP contribution in [0.4, 0.5) is 0 Å². The van der Waals surface area contributed by atoms with E-state index in [9.17, 15) is 15.0 Å². The van der Waals surface area contributed by atoms with Crippen molar-refractivity contribution in [3.05, 3.63) is 23.8 Å². The van der Waals surface area contributed by atoms with Gasteiger partial charge in [-0.1, -0.05) is 0 Å². The van der Waals surface area contributed by atoms with Crippen molar-refractivity contribution in [1.29, 1.82) is 0 Å². The zero-order valence-corrected chi connectivity index (χ0v) is 10.6. The highest BCUT2D eigenvalue weighted by atomic mass is 16.5. The van der Waals surface area contributed by atoms with Gasteiger partial charge in [-0.15, -0.1) is 0 Å². The lowest BCUT2D eigenvalue weighted by Crippen LogP contribution is -2.41. The van der Waals surface area contributed by atoms with Gasteiger partial charge in [-0.2, -0.15) is 0 Å². The van der Waals surface area contributed by atoms with Crippen LogP contribution < -0.4 is 5.32 Å². The average Bonchev–Trinajstić information content (AvgIpc) is 2.38. The van der Waals surface area contributed by atoms with E-state index < -0.39 is 0 Å². The number of nitrogens with zero attached hydrogens (tertiary/aromatic N) is 1. The van der Waals surface area contributed by atoms with Gasteiger partial charge in [0.05, 0.1) is 13.2 Å². The molecule has 1 aliphatic rings. The summed E-state index contributed by atoms with van der Waals surface area (Å²) in [7, 11) is 0. The Labute approximate surface area is 111 Å². The SMILES string of the molecule is O=C(NCCN1CCOCC1)c1cc(O)cc(O)c1. The van der Waals surface area contributed by atoms with Crippen LogP contribution in [0.2, 0.25) is 0 Å². The van der Waals surface area contributed by atoms with Crippen molar-refractivity contribution in [2.75, 3.05) is 39.4 Å². The predicted molar refractivity (Wildman–Crippen MR) is 69.4 cm³/mol. The zero-order valence-electron chi connectivity index (χ0n) is 10.6. The second kappa shape index (κ2) is 6.40. The minimum absolute atomic E-state index is 0.127. The van der Waals surface area contributed by atoms with Gasteiger partial charge in [0.2, 0.25) is 0 Å². The number of morpholine rings is 1. The van der Waals surface area contributed by atoms with Crippen molar-refractivity contribution in [3.63, 3.8) is 0 Å². The number of phenols is 2. The maximum absolute atomic E-state index is 11.8. The summed E-state index contributed by atoms with van der Waals surface area (Å²) < 4.78 is 5.24. The fourth-order valence-electron chi connectivity index (χ4n) is 1.98. The Morgan fingerprint density at radius 2 is 1.84 bits per heavy atom. The van der Waals surface area contributed by atoms with Crippen molar-refractivity contribution < 1.29 is 19.7 Å². The van der Waals surface area contributed by atoms with Crippen LogP contribution in [-0.4, -0.2) is 60.4 Å². The molecule has 3 N–H and O–H groups in total. The Balaban J connectivity index is 1.80. The molecule has 1 heterocycles. The molecule has 0 saturated carbocycles. The predicted octanol–water partition coefficient (Wildman–Crippen LogP) is 0.160. The van der Waals surface area contributed by atoms with Crippen LogP contribution in [0.25, 0.3) is 0 Å². The lowest BCUT2D eigenvalue weighted by molar-refractivity contribution is 0.0383. The van der Waals surface area contributed by atoms with Gasteiger partial charge < -0.3 is 20.3 Å². The lowest BCUT2D eigenvalue weighted by atomic mass is 10.2. The van der Waals surface area contributed by atoms with E-state index in [1.165, 1.54) is 18.2 Å². The maximum Gasteiger partial charge on any atom is 0.251 e. The highest BCUT2D eigenvalue weighted by Gasteiger charge is 2.11. The van der Waals surface area contributed by atoms with Crippen LogP contribution in [-0.2, 0) is 4.74 Å². The molecule has 1 aromatic rings. The van der Waals surface area contributed by atoms with Gasteiger partial charge in [0.25, 0.3) is 5.91 Å². The number of amides is 1. The number of aromatic hydroxyl groups is 2. The summed E-state index contributed by atoms with van der Waals surface area (Å²) in [4.78, 5) is 14.0. The van der Waals surface area contributed by atoms with Crippen LogP contribution in [0, 0.1) is 0 Å². The fourth-order valence-corrected chi connectivity index (χ4v) is 1.98. The van der Waals surface area contributed by atoms with E-state index in [1.807, 2.05) is 0 Å². The molecule has 1 aliphatic heterocycles. The van der Waals surface area contributed by atoms with Gasteiger partial charge in [0, 0.05) is 37.8 Å². The molecule has 0 atom stereocenters. The topological polar surface area (TPSA) is 82.0 Å². The number of carbonyl (C=O) groups excluding carboxylic acids is 1. The van der Waals surface area contributed by atoms with Crippen LogP contribution in [0.3, 0.4) is 0 Å². The molecular weight excluding hydrogens is 248 g/mol. The first kappa shape index (κ1) is 13.6. The van der Waals surface area contributed by atoms with Crippen molar-refractivity contribution in [2.24, 2.45) is 0 Å². The minimum atomic E-state index is -0.306. The number of ether oxygens (including phenoxy) is 1. The Morgan fingerprint density at radius 1 is 1.21 bits per heavy atom. The van der Waals surface area contributed by atoms with Gasteiger partial charge >= 0.3 is 0 Å². The minimum Gasteiger partial charge on any atom is -0.508 e. The number of carbonyl (C=O) groups is 1. The molecule has 0 bridgehead atoms. The van der Waals surface area contributed by atoms with Gasteiger partial charge in [-0.3, -0.25) is 9.69 Å². The molecule has 0 spiro atoms. The molecule has 0 aromatic heterocycles. The summed E-state index contributed by atoms with van der Waals surface area (Å²) in [6.45, 7) is 4.50. The van der Waals surface area contributed by atoms with E-state index in [0.717, 1.165) is 32.8 Å². The second-order valence-electron chi connectivity index (χ2n) is 4.45. The van der Waals surface area contributed by atoms with Crippen molar-refractivity contribution in [2.45, 2.75) is 0 Å². The van der Waals surface area contributed by atoms with Crippen molar-refractivity contribution in [1.82, 2.24) is 10.2 Å². The number of benzene rings is 1. The summed E-state index contributed by atoms with van der Waals surface area (Å²) in [6, 6.07) is 3.83. The molecule has 0 aliphatic carbocycles. The largest absolute Gasteiger partial charge is 0.508 e. The van der Waals surface area contributed by atoms with Gasteiger partial charge in [0.1, 0.15) is 11.5 Å². The molecule has 19 heavy (non-hydrogen) atoms. The molecule has 1 aromatic carbocycles. The number of nitrogens with one attached hydrogen (secondary N) is 1. The Morgan fingerprint density at radius 3 is 2.47 bits per heavy atom. The highest BCUT2D eigenvalue weighted by molar-refractivity contribution is 5.95. The molecule has 6 nitrogen and oxygen atoms in total. The third-order valence-corrected chi connectivity index (χ3v) is 2.98. The van der Waals surface area contributed by atoms with Crippen LogP contribution in [0.5, 0.6) is 11.5 Å². The molecule has 1 saturated heterocycles. The highest BCUT2D eigenvalue weighted by Crippen LogP contribution is 2.20. The van der Waals surface area contributed by atoms with E-state index in [-0.39, 0.29) is 23.0 Å². The van der Waals surface area contributed by atoms with E-state index in [0.29, 0.717) is 6.54 Å². The Kier molecular flexibility index (Phi) is 4.59. The molecular formula is C13H18N2O4. The number of rotatable bonds is 4. The van der Waals surface area contributed by atoms with Crippen LogP contribution in [0.1, 0.15) is 10.4 Å². The quantitative estimate of drug-likeness (QED) is 0.723. The first-order valence-electron chi connectivity index (χ1n) is 6.26. The summed E-state index contributed by atoms with van der Waals surface area (Å²) in [6.07, 6.45) is 0. The average molecular weight is 266 g/mol. The first-order chi connectivity index (χ1) is 9.15. The molecule has 0 unspecified atom stereocenters. The van der Waals surface area contributed by atoms with E-state index in [1.54, 1.807) is 0 Å². The Hall–Kier alpha value is -1.79.